The van der Waals surface area contributed by atoms with Crippen LogP contribution in [-0.4, -0.2) is 49.9 Å². The van der Waals surface area contributed by atoms with Crippen LogP contribution >= 0.6 is 15.9 Å². The lowest BCUT2D eigenvalue weighted by atomic mass is 10.1. The third kappa shape index (κ3) is 4.77. The Labute approximate surface area is 135 Å². The second-order valence-corrected chi connectivity index (χ2v) is 8.52. The molecule has 118 valence electrons. The zero-order valence-corrected chi connectivity index (χ0v) is 14.4. The van der Waals surface area contributed by atoms with Gasteiger partial charge in [0.15, 0.2) is 9.84 Å². The van der Waals surface area contributed by atoms with E-state index in [-0.39, 0.29) is 18.4 Å². The van der Waals surface area contributed by atoms with Gasteiger partial charge in [-0.15, -0.1) is 0 Å². The standard InChI is InChI=1S/C15H22BrNO3S/c16-13-5-7-15(8-6-13)21(19,20)11-10-17-9-3-1-2-4-14(17)12-18/h5-8,14,18H,1-4,9-12H2. The monoisotopic (exact) mass is 375 g/mol. The molecule has 0 aromatic heterocycles. The second kappa shape index (κ2) is 7.72. The number of nitrogens with zero attached hydrogens (tertiary/aromatic N) is 1. The number of sulfone groups is 1. The van der Waals surface area contributed by atoms with E-state index in [0.717, 1.165) is 36.7 Å². The van der Waals surface area contributed by atoms with E-state index >= 15 is 0 Å². The van der Waals surface area contributed by atoms with E-state index in [4.69, 9.17) is 0 Å². The normalized spacial score (nSPS) is 21.1. The minimum Gasteiger partial charge on any atom is -0.395 e. The van der Waals surface area contributed by atoms with E-state index < -0.39 is 9.84 Å². The highest BCUT2D eigenvalue weighted by Gasteiger charge is 2.23. The van der Waals surface area contributed by atoms with Crippen molar-refractivity contribution in [1.82, 2.24) is 4.90 Å². The van der Waals surface area contributed by atoms with Gasteiger partial charge in [0, 0.05) is 17.1 Å². The highest BCUT2D eigenvalue weighted by atomic mass is 79.9. The molecule has 1 aromatic rings. The zero-order chi connectivity index (χ0) is 15.3. The van der Waals surface area contributed by atoms with Crippen LogP contribution in [0.2, 0.25) is 0 Å². The van der Waals surface area contributed by atoms with Crippen molar-refractivity contribution in [2.75, 3.05) is 25.4 Å². The fraction of sp³-hybridized carbons (Fsp3) is 0.600. The van der Waals surface area contributed by atoms with Gasteiger partial charge in [-0.1, -0.05) is 28.8 Å². The van der Waals surface area contributed by atoms with E-state index in [1.54, 1.807) is 24.3 Å². The van der Waals surface area contributed by atoms with Gasteiger partial charge in [0.2, 0.25) is 0 Å². The number of likely N-dealkylation sites (tertiary alicyclic amines) is 1. The lowest BCUT2D eigenvalue weighted by molar-refractivity contribution is 0.130. The number of hydrogen-bond acceptors (Lipinski definition) is 4. The highest BCUT2D eigenvalue weighted by molar-refractivity contribution is 9.10. The van der Waals surface area contributed by atoms with Gasteiger partial charge < -0.3 is 5.11 Å². The first kappa shape index (κ1) is 16.9. The van der Waals surface area contributed by atoms with Crippen molar-refractivity contribution in [2.45, 2.75) is 36.6 Å². The van der Waals surface area contributed by atoms with Crippen molar-refractivity contribution < 1.29 is 13.5 Å². The van der Waals surface area contributed by atoms with Crippen molar-refractivity contribution in [3.05, 3.63) is 28.7 Å². The molecule has 21 heavy (non-hydrogen) atoms. The van der Waals surface area contributed by atoms with Crippen LogP contribution in [0.5, 0.6) is 0 Å². The summed E-state index contributed by atoms with van der Waals surface area (Å²) in [7, 11) is -3.26. The topological polar surface area (TPSA) is 57.6 Å². The van der Waals surface area contributed by atoms with Crippen LogP contribution in [0.3, 0.4) is 0 Å². The molecule has 1 aromatic carbocycles. The van der Waals surface area contributed by atoms with Crippen molar-refractivity contribution in [1.29, 1.82) is 0 Å². The second-order valence-electron chi connectivity index (χ2n) is 5.49. The summed E-state index contributed by atoms with van der Waals surface area (Å²) in [5.74, 6) is 0.102. The van der Waals surface area contributed by atoms with Gasteiger partial charge in [0.05, 0.1) is 17.3 Å². The maximum atomic E-state index is 12.4. The number of aliphatic hydroxyl groups is 1. The molecule has 1 saturated heterocycles. The lowest BCUT2D eigenvalue weighted by Crippen LogP contribution is -2.40. The van der Waals surface area contributed by atoms with Crippen LogP contribution in [0.4, 0.5) is 0 Å². The summed E-state index contributed by atoms with van der Waals surface area (Å²) in [4.78, 5) is 2.49. The number of halogens is 1. The molecule has 1 N–H and O–H groups in total. The maximum absolute atomic E-state index is 12.4. The molecule has 1 aliphatic heterocycles. The summed E-state index contributed by atoms with van der Waals surface area (Å²) in [6.45, 7) is 1.48. The smallest absolute Gasteiger partial charge is 0.179 e. The molecule has 1 fully saturated rings. The summed E-state index contributed by atoms with van der Waals surface area (Å²) < 4.78 is 25.6. The summed E-state index contributed by atoms with van der Waals surface area (Å²) in [5, 5.41) is 9.47. The molecular weight excluding hydrogens is 354 g/mol. The minimum atomic E-state index is -3.26. The fourth-order valence-electron chi connectivity index (χ4n) is 2.74. The van der Waals surface area contributed by atoms with Crippen molar-refractivity contribution in [3.8, 4) is 0 Å². The van der Waals surface area contributed by atoms with Crippen molar-refractivity contribution >= 4 is 25.8 Å². The van der Waals surface area contributed by atoms with Crippen LogP contribution in [-0.2, 0) is 9.84 Å². The Hall–Kier alpha value is -0.430. The third-order valence-electron chi connectivity index (χ3n) is 4.03. The number of benzene rings is 1. The molecule has 1 aliphatic rings. The van der Waals surface area contributed by atoms with Crippen molar-refractivity contribution in [2.24, 2.45) is 0 Å². The van der Waals surface area contributed by atoms with Gasteiger partial charge >= 0.3 is 0 Å². The van der Waals surface area contributed by atoms with Gasteiger partial charge in [-0.05, 0) is 43.7 Å². The Balaban J connectivity index is 2.01. The number of rotatable bonds is 5. The largest absolute Gasteiger partial charge is 0.395 e. The molecule has 0 aliphatic carbocycles. The Kier molecular flexibility index (Phi) is 6.22. The molecule has 1 heterocycles. The first-order valence-electron chi connectivity index (χ1n) is 7.36. The SMILES string of the molecule is O=S(=O)(CCN1CCCCCC1CO)c1ccc(Br)cc1. The molecular formula is C15H22BrNO3S. The molecule has 0 amide bonds. The maximum Gasteiger partial charge on any atom is 0.179 e. The Morgan fingerprint density at radius 2 is 1.90 bits per heavy atom. The Morgan fingerprint density at radius 3 is 2.57 bits per heavy atom. The molecule has 0 radical (unpaired) electrons. The van der Waals surface area contributed by atoms with E-state index in [0.29, 0.717) is 11.4 Å². The Morgan fingerprint density at radius 1 is 1.19 bits per heavy atom. The molecule has 1 atom stereocenters. The van der Waals surface area contributed by atoms with Crippen LogP contribution in [0.1, 0.15) is 25.7 Å². The average molecular weight is 376 g/mol. The lowest BCUT2D eigenvalue weighted by Gasteiger charge is -2.28. The van der Waals surface area contributed by atoms with E-state index in [1.807, 2.05) is 0 Å². The molecule has 2 rings (SSSR count). The summed E-state index contributed by atoms with van der Waals surface area (Å²) in [6.07, 6.45) is 4.30. The number of hydrogen-bond donors (Lipinski definition) is 1. The van der Waals surface area contributed by atoms with Gasteiger partial charge in [-0.2, -0.15) is 0 Å². The summed E-state index contributed by atoms with van der Waals surface area (Å²) in [6, 6.07) is 6.86. The Bertz CT molecular complexity index is 545. The fourth-order valence-corrected chi connectivity index (χ4v) is 4.26. The minimum absolute atomic E-state index is 0.102. The van der Waals surface area contributed by atoms with Crippen LogP contribution in [0, 0.1) is 0 Å². The predicted octanol–water partition coefficient (Wildman–Crippen LogP) is 2.46. The quantitative estimate of drug-likeness (QED) is 0.858. The van der Waals surface area contributed by atoms with Crippen molar-refractivity contribution in [3.63, 3.8) is 0 Å². The van der Waals surface area contributed by atoms with Gasteiger partial charge in [-0.3, -0.25) is 4.90 Å². The molecule has 0 saturated carbocycles. The first-order valence-corrected chi connectivity index (χ1v) is 9.81. The summed E-state index contributed by atoms with van der Waals surface area (Å²) in [5.41, 5.74) is 0. The predicted molar refractivity (Wildman–Crippen MR) is 87.1 cm³/mol. The first-order chi connectivity index (χ1) is 10.0. The molecule has 0 spiro atoms. The average Bonchev–Trinajstić information content (AvgIpc) is 2.70. The van der Waals surface area contributed by atoms with Gasteiger partial charge in [0.25, 0.3) is 0 Å². The van der Waals surface area contributed by atoms with Gasteiger partial charge in [0.1, 0.15) is 0 Å². The van der Waals surface area contributed by atoms with Gasteiger partial charge in [-0.25, -0.2) is 8.42 Å². The zero-order valence-electron chi connectivity index (χ0n) is 12.0. The third-order valence-corrected chi connectivity index (χ3v) is 6.27. The molecule has 1 unspecified atom stereocenters. The van der Waals surface area contributed by atoms with Crippen LogP contribution < -0.4 is 0 Å². The van der Waals surface area contributed by atoms with E-state index in [9.17, 15) is 13.5 Å². The summed E-state index contributed by atoms with van der Waals surface area (Å²) >= 11 is 3.31. The molecule has 6 heteroatoms. The molecule has 4 nitrogen and oxygen atoms in total. The van der Waals surface area contributed by atoms with E-state index in [2.05, 4.69) is 20.8 Å². The highest BCUT2D eigenvalue weighted by Crippen LogP contribution is 2.19. The molecule has 0 bridgehead atoms. The van der Waals surface area contributed by atoms with E-state index in [1.165, 1.54) is 0 Å². The number of aliphatic hydroxyl groups excluding tert-OH is 1. The van der Waals surface area contributed by atoms with Crippen LogP contribution in [0.15, 0.2) is 33.6 Å². The van der Waals surface area contributed by atoms with Crippen LogP contribution in [0.25, 0.3) is 0 Å².